The standard InChI is InChI=1S/C15H10N2S2/c1-9-17-14-11-6-5-10(12-4-2-3-7-16-12)8-13(11)19-15(14)18-9/h2-8H,1H3. The molecule has 4 heteroatoms. The Balaban J connectivity index is 1.97. The Labute approximate surface area is 118 Å². The fraction of sp³-hybridized carbons (Fsp3) is 0.0667. The van der Waals surface area contributed by atoms with E-state index in [2.05, 4.69) is 35.1 Å². The van der Waals surface area contributed by atoms with E-state index < -0.39 is 0 Å². The van der Waals surface area contributed by atoms with Gasteiger partial charge in [0.25, 0.3) is 0 Å². The van der Waals surface area contributed by atoms with Gasteiger partial charge in [0, 0.05) is 21.8 Å². The molecule has 0 atom stereocenters. The van der Waals surface area contributed by atoms with Crippen molar-refractivity contribution < 1.29 is 0 Å². The highest BCUT2D eigenvalue weighted by molar-refractivity contribution is 7.41. The summed E-state index contributed by atoms with van der Waals surface area (Å²) in [5.41, 5.74) is 3.33. The third-order valence-corrected chi connectivity index (χ3v) is 5.30. The molecule has 4 aromatic rings. The van der Waals surface area contributed by atoms with Crippen LogP contribution in [0, 0.1) is 6.92 Å². The second-order valence-corrected chi connectivity index (χ2v) is 6.91. The molecule has 4 rings (SSSR count). The summed E-state index contributed by atoms with van der Waals surface area (Å²) in [5.74, 6) is 0. The minimum Gasteiger partial charge on any atom is -0.256 e. The Morgan fingerprint density at radius 1 is 1.05 bits per heavy atom. The number of benzene rings is 1. The summed E-state index contributed by atoms with van der Waals surface area (Å²) in [6.45, 7) is 2.06. The lowest BCUT2D eigenvalue weighted by Gasteiger charge is -2.00. The van der Waals surface area contributed by atoms with Crippen LogP contribution in [0.5, 0.6) is 0 Å². The zero-order valence-electron chi connectivity index (χ0n) is 10.3. The fourth-order valence-corrected chi connectivity index (χ4v) is 4.61. The van der Waals surface area contributed by atoms with Gasteiger partial charge in [0.15, 0.2) is 0 Å². The van der Waals surface area contributed by atoms with Gasteiger partial charge in [0.1, 0.15) is 9.53 Å². The highest BCUT2D eigenvalue weighted by Crippen LogP contribution is 2.38. The van der Waals surface area contributed by atoms with Gasteiger partial charge in [-0.3, -0.25) is 4.98 Å². The molecule has 0 amide bonds. The summed E-state index contributed by atoms with van der Waals surface area (Å²) in [6.07, 6.45) is 1.83. The zero-order chi connectivity index (χ0) is 12.8. The Morgan fingerprint density at radius 3 is 2.84 bits per heavy atom. The number of pyridine rings is 1. The summed E-state index contributed by atoms with van der Waals surface area (Å²) >= 11 is 3.59. The van der Waals surface area contributed by atoms with Crippen molar-refractivity contribution >= 4 is 42.3 Å². The lowest BCUT2D eigenvalue weighted by atomic mass is 10.1. The molecule has 0 radical (unpaired) electrons. The van der Waals surface area contributed by atoms with Gasteiger partial charge in [-0.25, -0.2) is 4.98 Å². The molecular formula is C15H10N2S2. The molecule has 0 saturated carbocycles. The maximum atomic E-state index is 4.62. The number of fused-ring (bicyclic) bond motifs is 3. The first-order chi connectivity index (χ1) is 9.31. The average molecular weight is 282 g/mol. The van der Waals surface area contributed by atoms with E-state index in [9.17, 15) is 0 Å². The van der Waals surface area contributed by atoms with Crippen molar-refractivity contribution in [3.8, 4) is 11.3 Å². The molecule has 92 valence electrons. The predicted molar refractivity (Wildman–Crippen MR) is 83.0 cm³/mol. The quantitative estimate of drug-likeness (QED) is 0.497. The van der Waals surface area contributed by atoms with E-state index in [1.807, 2.05) is 35.7 Å². The Morgan fingerprint density at radius 2 is 2.00 bits per heavy atom. The van der Waals surface area contributed by atoms with Crippen LogP contribution in [0.2, 0.25) is 0 Å². The van der Waals surface area contributed by atoms with Gasteiger partial charge >= 0.3 is 0 Å². The molecule has 0 aliphatic rings. The van der Waals surface area contributed by atoms with Gasteiger partial charge in [-0.2, -0.15) is 0 Å². The molecule has 0 spiro atoms. The molecule has 3 heterocycles. The molecule has 0 aliphatic heterocycles. The first kappa shape index (κ1) is 11.1. The van der Waals surface area contributed by atoms with Crippen LogP contribution in [0.4, 0.5) is 0 Å². The van der Waals surface area contributed by atoms with Crippen LogP contribution in [0.25, 0.3) is 30.9 Å². The van der Waals surface area contributed by atoms with Crippen LogP contribution >= 0.6 is 22.7 Å². The molecule has 0 unspecified atom stereocenters. The highest BCUT2D eigenvalue weighted by Gasteiger charge is 2.10. The molecule has 3 aromatic heterocycles. The summed E-state index contributed by atoms with van der Waals surface area (Å²) < 4.78 is 2.60. The van der Waals surface area contributed by atoms with Crippen LogP contribution in [0.15, 0.2) is 42.6 Å². The third-order valence-electron chi connectivity index (χ3n) is 3.10. The number of hydrogen-bond acceptors (Lipinski definition) is 4. The van der Waals surface area contributed by atoms with Crippen molar-refractivity contribution in [2.45, 2.75) is 6.92 Å². The van der Waals surface area contributed by atoms with Crippen molar-refractivity contribution in [3.05, 3.63) is 47.6 Å². The van der Waals surface area contributed by atoms with E-state index >= 15 is 0 Å². The highest BCUT2D eigenvalue weighted by atomic mass is 32.2. The fourth-order valence-electron chi connectivity index (χ4n) is 2.24. The Hall–Kier alpha value is -1.78. The largest absolute Gasteiger partial charge is 0.256 e. The number of rotatable bonds is 1. The van der Waals surface area contributed by atoms with Gasteiger partial charge in [-0.1, -0.05) is 18.2 Å². The van der Waals surface area contributed by atoms with Crippen LogP contribution in [-0.2, 0) is 0 Å². The van der Waals surface area contributed by atoms with Gasteiger partial charge < -0.3 is 0 Å². The SMILES string of the molecule is Cc1nc2c(s1)sc1cc(-c3ccccn3)ccc12. The van der Waals surface area contributed by atoms with E-state index in [4.69, 9.17) is 0 Å². The predicted octanol–water partition coefficient (Wildman–Crippen LogP) is 4.88. The zero-order valence-corrected chi connectivity index (χ0v) is 11.9. The minimum absolute atomic E-state index is 1.02. The van der Waals surface area contributed by atoms with Gasteiger partial charge in [-0.05, 0) is 25.1 Å². The summed E-state index contributed by atoms with van der Waals surface area (Å²) in [7, 11) is 0. The molecule has 2 nitrogen and oxygen atoms in total. The minimum atomic E-state index is 1.02. The van der Waals surface area contributed by atoms with Crippen molar-refractivity contribution in [2.24, 2.45) is 0 Å². The molecule has 0 fully saturated rings. The number of aromatic nitrogens is 2. The third kappa shape index (κ3) is 1.76. The van der Waals surface area contributed by atoms with Gasteiger partial charge in [-0.15, -0.1) is 22.7 Å². The molecule has 0 bridgehead atoms. The molecule has 0 N–H and O–H groups in total. The first-order valence-electron chi connectivity index (χ1n) is 6.02. The van der Waals surface area contributed by atoms with Crippen molar-refractivity contribution in [2.75, 3.05) is 0 Å². The molecular weight excluding hydrogens is 272 g/mol. The Bertz CT molecular complexity index is 875. The molecule has 1 aromatic carbocycles. The van der Waals surface area contributed by atoms with Crippen LogP contribution in [0.3, 0.4) is 0 Å². The van der Waals surface area contributed by atoms with Crippen LogP contribution < -0.4 is 0 Å². The smallest absolute Gasteiger partial charge is 0.108 e. The number of hydrogen-bond donors (Lipinski definition) is 0. The van der Waals surface area contributed by atoms with Crippen LogP contribution in [0.1, 0.15) is 5.01 Å². The van der Waals surface area contributed by atoms with E-state index in [-0.39, 0.29) is 0 Å². The number of thiophene rings is 1. The lowest BCUT2D eigenvalue weighted by molar-refractivity contribution is 1.33. The summed E-state index contributed by atoms with van der Waals surface area (Å²) in [6, 6.07) is 12.5. The van der Waals surface area contributed by atoms with Gasteiger partial charge in [0.2, 0.25) is 0 Å². The average Bonchev–Trinajstić information content (AvgIpc) is 2.95. The van der Waals surface area contributed by atoms with E-state index in [1.165, 1.54) is 19.7 Å². The van der Waals surface area contributed by atoms with Crippen LogP contribution in [-0.4, -0.2) is 9.97 Å². The number of thiazole rings is 1. The summed E-state index contributed by atoms with van der Waals surface area (Å²) in [5, 5.41) is 2.39. The van der Waals surface area contributed by atoms with E-state index in [0.29, 0.717) is 0 Å². The number of nitrogens with zero attached hydrogens (tertiary/aromatic N) is 2. The van der Waals surface area contributed by atoms with Crippen molar-refractivity contribution in [1.82, 2.24) is 9.97 Å². The Kier molecular flexibility index (Phi) is 2.40. The summed E-state index contributed by atoms with van der Waals surface area (Å²) in [4.78, 5) is 9.02. The van der Waals surface area contributed by atoms with E-state index in [0.717, 1.165) is 16.2 Å². The maximum absolute atomic E-state index is 4.62. The first-order valence-corrected chi connectivity index (χ1v) is 7.66. The second kappa shape index (κ2) is 4.11. The van der Waals surface area contributed by atoms with Crippen molar-refractivity contribution in [1.29, 1.82) is 0 Å². The molecule has 19 heavy (non-hydrogen) atoms. The maximum Gasteiger partial charge on any atom is 0.108 e. The van der Waals surface area contributed by atoms with Gasteiger partial charge in [0.05, 0.1) is 10.7 Å². The molecule has 0 saturated heterocycles. The number of aryl methyl sites for hydroxylation is 1. The monoisotopic (exact) mass is 282 g/mol. The topological polar surface area (TPSA) is 25.8 Å². The molecule has 0 aliphatic carbocycles. The van der Waals surface area contributed by atoms with E-state index in [1.54, 1.807) is 11.3 Å². The normalized spacial score (nSPS) is 11.4. The second-order valence-electron chi connectivity index (χ2n) is 4.40. The van der Waals surface area contributed by atoms with Crippen molar-refractivity contribution in [3.63, 3.8) is 0 Å². The lowest BCUT2D eigenvalue weighted by Crippen LogP contribution is -1.80.